The first kappa shape index (κ1) is 17.8. The van der Waals surface area contributed by atoms with Crippen LogP contribution in [0.25, 0.3) is 23.1 Å². The summed E-state index contributed by atoms with van der Waals surface area (Å²) in [6.07, 6.45) is 3.76. The molecule has 0 saturated heterocycles. The van der Waals surface area contributed by atoms with E-state index in [4.69, 9.17) is 26.2 Å². The van der Waals surface area contributed by atoms with Crippen LogP contribution in [-0.2, 0) is 4.79 Å². The number of nitrogens with zero attached hydrogens (tertiary/aromatic N) is 1. The minimum Gasteiger partial charge on any atom is -0.497 e. The summed E-state index contributed by atoms with van der Waals surface area (Å²) >= 11 is 6.36. The molecule has 1 heterocycles. The Morgan fingerprint density at radius 2 is 1.85 bits per heavy atom. The topological polar surface area (TPSA) is 68.7 Å². The first-order chi connectivity index (χ1) is 12.5. The number of aliphatic carboxylic acids is 1. The summed E-state index contributed by atoms with van der Waals surface area (Å²) < 4.78 is 10.3. The third-order valence-corrected chi connectivity index (χ3v) is 3.99. The molecule has 2 aromatic carbocycles. The molecule has 0 amide bonds. The molecule has 26 heavy (non-hydrogen) atoms. The van der Waals surface area contributed by atoms with Crippen LogP contribution in [0.2, 0.25) is 5.02 Å². The van der Waals surface area contributed by atoms with Gasteiger partial charge in [-0.3, -0.25) is 0 Å². The summed E-state index contributed by atoms with van der Waals surface area (Å²) in [5, 5.41) is 10.0. The van der Waals surface area contributed by atoms with Crippen molar-refractivity contribution in [1.82, 2.24) is 4.98 Å². The van der Waals surface area contributed by atoms with Gasteiger partial charge in [0.05, 0.1) is 23.3 Å². The molecule has 0 atom stereocenters. The minimum absolute atomic E-state index is 0.362. The lowest BCUT2D eigenvalue weighted by molar-refractivity contribution is -0.139. The standard InChI is InChI=1S/C20H16ClNO4/c1-25-16-8-9-19-17(11-16)18(21)10-14(22-19)5-2-13-3-6-15(7-4-13)26-12-20(23)24/h2-11H,12H2,1H3,(H,23,24)/b5-2+. The van der Waals surface area contributed by atoms with E-state index in [2.05, 4.69) is 4.98 Å². The molecule has 3 rings (SSSR count). The van der Waals surface area contributed by atoms with E-state index in [1.165, 1.54) is 0 Å². The van der Waals surface area contributed by atoms with Crippen molar-refractivity contribution in [3.05, 3.63) is 64.8 Å². The molecule has 0 unspecified atom stereocenters. The molecule has 1 aromatic heterocycles. The van der Waals surface area contributed by atoms with Crippen LogP contribution in [-0.4, -0.2) is 29.8 Å². The van der Waals surface area contributed by atoms with Crippen LogP contribution >= 0.6 is 11.6 Å². The zero-order chi connectivity index (χ0) is 18.5. The van der Waals surface area contributed by atoms with Gasteiger partial charge in [0.1, 0.15) is 11.5 Å². The van der Waals surface area contributed by atoms with Crippen molar-refractivity contribution in [2.24, 2.45) is 0 Å². The molecule has 3 aromatic rings. The largest absolute Gasteiger partial charge is 0.497 e. The lowest BCUT2D eigenvalue weighted by Gasteiger charge is -2.05. The van der Waals surface area contributed by atoms with Crippen LogP contribution in [0.5, 0.6) is 11.5 Å². The fourth-order valence-electron chi connectivity index (χ4n) is 2.40. The van der Waals surface area contributed by atoms with Gasteiger partial charge in [-0.2, -0.15) is 0 Å². The molecular weight excluding hydrogens is 354 g/mol. The minimum atomic E-state index is -1.01. The Bertz CT molecular complexity index is 967. The van der Waals surface area contributed by atoms with Gasteiger partial charge in [-0.25, -0.2) is 9.78 Å². The normalized spacial score (nSPS) is 11.0. The summed E-state index contributed by atoms with van der Waals surface area (Å²) in [5.74, 6) is 0.228. The Balaban J connectivity index is 1.78. The van der Waals surface area contributed by atoms with Crippen molar-refractivity contribution in [3.63, 3.8) is 0 Å². The number of carboxylic acid groups (broad SMARTS) is 1. The van der Waals surface area contributed by atoms with Gasteiger partial charge in [-0.05, 0) is 48.0 Å². The molecule has 0 bridgehead atoms. The third kappa shape index (κ3) is 4.32. The molecule has 0 aliphatic carbocycles. The zero-order valence-corrected chi connectivity index (χ0v) is 14.7. The van der Waals surface area contributed by atoms with Crippen molar-refractivity contribution < 1.29 is 19.4 Å². The number of aromatic nitrogens is 1. The molecule has 0 saturated carbocycles. The Morgan fingerprint density at radius 1 is 1.12 bits per heavy atom. The van der Waals surface area contributed by atoms with E-state index in [1.807, 2.05) is 42.5 Å². The van der Waals surface area contributed by atoms with Crippen LogP contribution in [0.4, 0.5) is 0 Å². The summed E-state index contributed by atoms with van der Waals surface area (Å²) in [5.41, 5.74) is 2.45. The highest BCUT2D eigenvalue weighted by atomic mass is 35.5. The van der Waals surface area contributed by atoms with Crippen molar-refractivity contribution in [3.8, 4) is 11.5 Å². The Hall–Kier alpha value is -3.05. The Morgan fingerprint density at radius 3 is 2.54 bits per heavy atom. The van der Waals surface area contributed by atoms with Crippen LogP contribution in [0, 0.1) is 0 Å². The Kier molecular flexibility index (Phi) is 5.39. The number of rotatable bonds is 6. The van der Waals surface area contributed by atoms with Gasteiger partial charge in [-0.1, -0.05) is 29.8 Å². The van der Waals surface area contributed by atoms with Gasteiger partial charge < -0.3 is 14.6 Å². The lowest BCUT2D eigenvalue weighted by Crippen LogP contribution is -2.09. The number of ether oxygens (including phenoxy) is 2. The predicted molar refractivity (Wildman–Crippen MR) is 102 cm³/mol. The molecule has 0 radical (unpaired) electrons. The van der Waals surface area contributed by atoms with Gasteiger partial charge >= 0.3 is 5.97 Å². The molecule has 0 aliphatic heterocycles. The quantitative estimate of drug-likeness (QED) is 0.691. The van der Waals surface area contributed by atoms with Crippen LogP contribution < -0.4 is 9.47 Å². The van der Waals surface area contributed by atoms with Crippen molar-refractivity contribution in [1.29, 1.82) is 0 Å². The molecular formula is C20H16ClNO4. The number of methoxy groups -OCH3 is 1. The second-order valence-corrected chi connectivity index (χ2v) is 5.90. The predicted octanol–water partition coefficient (Wildman–Crippen LogP) is 4.53. The second kappa shape index (κ2) is 7.89. The molecule has 1 N–H and O–H groups in total. The molecule has 0 spiro atoms. The fourth-order valence-corrected chi connectivity index (χ4v) is 2.66. The van der Waals surface area contributed by atoms with Gasteiger partial charge in [0, 0.05) is 5.39 Å². The Labute approximate surface area is 155 Å². The number of carbonyl (C=O) groups is 1. The van der Waals surface area contributed by atoms with E-state index in [0.29, 0.717) is 10.8 Å². The van der Waals surface area contributed by atoms with Crippen LogP contribution in [0.15, 0.2) is 48.5 Å². The maximum Gasteiger partial charge on any atom is 0.341 e. The summed E-state index contributed by atoms with van der Waals surface area (Å²) in [4.78, 5) is 15.1. The smallest absolute Gasteiger partial charge is 0.341 e. The summed E-state index contributed by atoms with van der Waals surface area (Å²) in [7, 11) is 1.61. The van der Waals surface area contributed by atoms with E-state index >= 15 is 0 Å². The molecule has 132 valence electrons. The van der Waals surface area contributed by atoms with Gasteiger partial charge in [0.2, 0.25) is 0 Å². The number of hydrogen-bond acceptors (Lipinski definition) is 4. The number of fused-ring (bicyclic) bond motifs is 1. The molecule has 0 fully saturated rings. The fraction of sp³-hybridized carbons (Fsp3) is 0.100. The highest BCUT2D eigenvalue weighted by Crippen LogP contribution is 2.27. The average Bonchev–Trinajstić information content (AvgIpc) is 2.65. The second-order valence-electron chi connectivity index (χ2n) is 5.50. The zero-order valence-electron chi connectivity index (χ0n) is 14.0. The van der Waals surface area contributed by atoms with E-state index < -0.39 is 5.97 Å². The van der Waals surface area contributed by atoms with Crippen LogP contribution in [0.1, 0.15) is 11.3 Å². The maximum absolute atomic E-state index is 10.5. The summed E-state index contributed by atoms with van der Waals surface area (Å²) in [6, 6.07) is 14.5. The lowest BCUT2D eigenvalue weighted by atomic mass is 10.1. The SMILES string of the molecule is COc1ccc2nc(/C=C/c3ccc(OCC(=O)O)cc3)cc(Cl)c2c1. The number of hydrogen-bond donors (Lipinski definition) is 1. The number of pyridine rings is 1. The average molecular weight is 370 g/mol. The maximum atomic E-state index is 10.5. The van der Waals surface area contributed by atoms with Crippen molar-refractivity contribution in [2.45, 2.75) is 0 Å². The van der Waals surface area contributed by atoms with E-state index in [1.54, 1.807) is 25.3 Å². The molecule has 0 aliphatic rings. The van der Waals surface area contributed by atoms with Gasteiger partial charge in [-0.15, -0.1) is 0 Å². The third-order valence-electron chi connectivity index (χ3n) is 3.67. The highest BCUT2D eigenvalue weighted by Gasteiger charge is 2.04. The number of carboxylic acids is 1. The molecule has 6 heteroatoms. The van der Waals surface area contributed by atoms with Gasteiger partial charge in [0.15, 0.2) is 6.61 Å². The van der Waals surface area contributed by atoms with E-state index in [9.17, 15) is 4.79 Å². The van der Waals surface area contributed by atoms with Crippen molar-refractivity contribution in [2.75, 3.05) is 13.7 Å². The first-order valence-electron chi connectivity index (χ1n) is 7.82. The monoisotopic (exact) mass is 369 g/mol. The molecule has 5 nitrogen and oxygen atoms in total. The van der Waals surface area contributed by atoms with Crippen molar-refractivity contribution >= 4 is 40.6 Å². The number of benzene rings is 2. The van der Waals surface area contributed by atoms with Gasteiger partial charge in [0.25, 0.3) is 0 Å². The van der Waals surface area contributed by atoms with Crippen LogP contribution in [0.3, 0.4) is 0 Å². The van der Waals surface area contributed by atoms with E-state index in [-0.39, 0.29) is 6.61 Å². The highest BCUT2D eigenvalue weighted by molar-refractivity contribution is 6.35. The summed E-state index contributed by atoms with van der Waals surface area (Å²) in [6.45, 7) is -0.362. The number of halogens is 1. The first-order valence-corrected chi connectivity index (χ1v) is 8.20. The van der Waals surface area contributed by atoms with E-state index in [0.717, 1.165) is 27.9 Å².